The Morgan fingerprint density at radius 3 is 2.65 bits per heavy atom. The average molecular weight is 253 g/mol. The van der Waals surface area contributed by atoms with Crippen molar-refractivity contribution in [2.45, 2.75) is 5.60 Å². The van der Waals surface area contributed by atoms with Crippen LogP contribution >= 0.6 is 12.2 Å². The minimum Gasteiger partial charge on any atom is -0.380 e. The average Bonchev–Trinajstić information content (AvgIpc) is 2.35. The predicted molar refractivity (Wildman–Crippen MR) is 73.1 cm³/mol. The Hall–Kier alpha value is -1.04. The molecule has 1 N–H and O–H groups in total. The van der Waals surface area contributed by atoms with Gasteiger partial charge in [0.15, 0.2) is 5.60 Å². The van der Waals surface area contributed by atoms with Crippen molar-refractivity contribution in [2.24, 2.45) is 0 Å². The minimum absolute atomic E-state index is 0.632. The molecule has 1 aromatic rings. The van der Waals surface area contributed by atoms with Crippen molar-refractivity contribution in [1.82, 2.24) is 15.2 Å². The number of likely N-dealkylation sites (N-methyl/N-ethyl adjacent to an activating group) is 2. The number of pyridine rings is 1. The zero-order chi connectivity index (χ0) is 12.9. The van der Waals surface area contributed by atoms with E-state index in [9.17, 15) is 0 Å². The summed E-state index contributed by atoms with van der Waals surface area (Å²) in [5, 5.41) is 3.00. The van der Waals surface area contributed by atoms with Crippen LogP contribution in [0, 0.1) is 0 Å². The number of hydrogen-bond donors (Lipinski definition) is 1. The van der Waals surface area contributed by atoms with E-state index in [-0.39, 0.29) is 0 Å². The zero-order valence-electron chi connectivity index (χ0n) is 10.7. The molecule has 0 aliphatic heterocycles. The highest BCUT2D eigenvalue weighted by Gasteiger charge is 2.38. The van der Waals surface area contributed by atoms with Gasteiger partial charge in [-0.05, 0) is 26.2 Å². The van der Waals surface area contributed by atoms with Gasteiger partial charge in [0.1, 0.15) is 4.99 Å². The molecule has 0 spiro atoms. The fourth-order valence-corrected chi connectivity index (χ4v) is 2.03. The van der Waals surface area contributed by atoms with E-state index >= 15 is 0 Å². The molecule has 0 fully saturated rings. The molecule has 1 heterocycles. The van der Waals surface area contributed by atoms with Crippen molar-refractivity contribution in [1.29, 1.82) is 0 Å². The Balaban J connectivity index is 3.21. The van der Waals surface area contributed by atoms with Gasteiger partial charge < -0.3 is 15.0 Å². The third-order valence-electron chi connectivity index (χ3n) is 2.56. The van der Waals surface area contributed by atoms with Gasteiger partial charge >= 0.3 is 0 Å². The lowest BCUT2D eigenvalue weighted by Gasteiger charge is -2.34. The summed E-state index contributed by atoms with van der Waals surface area (Å²) in [7, 11) is 7.42. The normalized spacial score (nSPS) is 14.4. The van der Waals surface area contributed by atoms with Crippen molar-refractivity contribution in [3.8, 4) is 0 Å². The molecule has 4 nitrogen and oxygen atoms in total. The summed E-state index contributed by atoms with van der Waals surface area (Å²) in [6, 6.07) is 5.74. The Morgan fingerprint density at radius 1 is 1.53 bits per heavy atom. The predicted octanol–water partition coefficient (Wildman–Crippen LogP) is 1.03. The van der Waals surface area contributed by atoms with Gasteiger partial charge in [-0.25, -0.2) is 0 Å². The maximum absolute atomic E-state index is 5.68. The van der Waals surface area contributed by atoms with Crippen LogP contribution in [0.4, 0.5) is 0 Å². The first kappa shape index (κ1) is 14.0. The molecule has 1 aromatic heterocycles. The largest absolute Gasteiger partial charge is 0.380 e. The van der Waals surface area contributed by atoms with Crippen molar-refractivity contribution >= 4 is 17.2 Å². The maximum Gasteiger partial charge on any atom is 0.171 e. The summed E-state index contributed by atoms with van der Waals surface area (Å²) < 4.78 is 5.68. The number of methoxy groups -OCH3 is 1. The van der Waals surface area contributed by atoms with Crippen LogP contribution in [0.15, 0.2) is 24.4 Å². The highest BCUT2D eigenvalue weighted by atomic mass is 32.1. The Bertz CT molecular complexity index is 369. The molecular weight excluding hydrogens is 234 g/mol. The molecule has 0 saturated carbocycles. The van der Waals surface area contributed by atoms with Crippen LogP contribution in [-0.4, -0.2) is 49.7 Å². The summed E-state index contributed by atoms with van der Waals surface area (Å²) in [4.78, 5) is 7.03. The third-order valence-corrected chi connectivity index (χ3v) is 3.09. The quantitative estimate of drug-likeness (QED) is 0.793. The summed E-state index contributed by atoms with van der Waals surface area (Å²) in [6.07, 6.45) is 1.75. The Kier molecular flexibility index (Phi) is 4.99. The highest BCUT2D eigenvalue weighted by molar-refractivity contribution is 7.80. The van der Waals surface area contributed by atoms with Gasteiger partial charge in [-0.15, -0.1) is 0 Å². The lowest BCUT2D eigenvalue weighted by atomic mass is 9.97. The molecule has 17 heavy (non-hydrogen) atoms. The van der Waals surface area contributed by atoms with Crippen LogP contribution in [0.5, 0.6) is 0 Å². The van der Waals surface area contributed by atoms with Gasteiger partial charge in [-0.1, -0.05) is 18.3 Å². The molecule has 0 aliphatic rings. The molecule has 0 radical (unpaired) electrons. The van der Waals surface area contributed by atoms with Gasteiger partial charge in [0, 0.05) is 26.9 Å². The van der Waals surface area contributed by atoms with Crippen LogP contribution in [-0.2, 0) is 10.3 Å². The van der Waals surface area contributed by atoms with E-state index in [1.807, 2.05) is 37.2 Å². The molecule has 0 amide bonds. The van der Waals surface area contributed by atoms with Crippen LogP contribution in [0.3, 0.4) is 0 Å². The van der Waals surface area contributed by atoms with E-state index in [1.54, 1.807) is 20.4 Å². The number of nitrogens with one attached hydrogen (secondary N) is 1. The summed E-state index contributed by atoms with van der Waals surface area (Å²) in [5.74, 6) is 0. The summed E-state index contributed by atoms with van der Waals surface area (Å²) >= 11 is 5.39. The lowest BCUT2D eigenvalue weighted by Crippen LogP contribution is -2.50. The van der Waals surface area contributed by atoms with Crippen LogP contribution in [0.2, 0.25) is 0 Å². The van der Waals surface area contributed by atoms with E-state index in [4.69, 9.17) is 17.0 Å². The highest BCUT2D eigenvalue weighted by Crippen LogP contribution is 2.25. The van der Waals surface area contributed by atoms with E-state index in [0.29, 0.717) is 11.5 Å². The minimum atomic E-state index is -0.700. The van der Waals surface area contributed by atoms with Crippen molar-refractivity contribution in [2.75, 3.05) is 34.8 Å². The fraction of sp³-hybridized carbons (Fsp3) is 0.500. The number of ether oxygens (including phenoxy) is 1. The number of rotatable bonds is 5. The van der Waals surface area contributed by atoms with Gasteiger partial charge in [0.25, 0.3) is 0 Å². The molecule has 1 rings (SSSR count). The van der Waals surface area contributed by atoms with Gasteiger partial charge in [0.05, 0.1) is 5.69 Å². The molecule has 0 bridgehead atoms. The first-order chi connectivity index (χ1) is 8.06. The molecule has 1 atom stereocenters. The molecule has 0 saturated heterocycles. The van der Waals surface area contributed by atoms with Crippen LogP contribution < -0.4 is 5.32 Å². The monoisotopic (exact) mass is 253 g/mol. The second-order valence-corrected chi connectivity index (χ2v) is 4.47. The van der Waals surface area contributed by atoms with E-state index in [0.717, 1.165) is 5.69 Å². The number of nitrogens with zero attached hydrogens (tertiary/aromatic N) is 2. The molecule has 1 unspecified atom stereocenters. The maximum atomic E-state index is 5.68. The lowest BCUT2D eigenvalue weighted by molar-refractivity contribution is 0.0219. The first-order valence-electron chi connectivity index (χ1n) is 5.40. The van der Waals surface area contributed by atoms with Gasteiger partial charge in [-0.3, -0.25) is 4.98 Å². The van der Waals surface area contributed by atoms with E-state index in [1.165, 1.54) is 0 Å². The molecule has 0 aromatic carbocycles. The van der Waals surface area contributed by atoms with Gasteiger partial charge in [-0.2, -0.15) is 0 Å². The standard InChI is InChI=1S/C12H19N3OS/c1-13-11(17)12(16-4,9-15(2)3)10-7-5-6-8-14-10/h5-8H,9H2,1-4H3,(H,13,17). The second kappa shape index (κ2) is 6.05. The van der Waals surface area contributed by atoms with Crippen molar-refractivity contribution < 1.29 is 4.74 Å². The van der Waals surface area contributed by atoms with E-state index < -0.39 is 5.60 Å². The fourth-order valence-electron chi connectivity index (χ4n) is 1.78. The SMILES string of the molecule is CNC(=S)C(CN(C)C)(OC)c1ccccn1. The summed E-state index contributed by atoms with van der Waals surface area (Å²) in [6.45, 7) is 0.639. The number of aromatic nitrogens is 1. The molecular formula is C12H19N3OS. The van der Waals surface area contributed by atoms with Crippen LogP contribution in [0.25, 0.3) is 0 Å². The van der Waals surface area contributed by atoms with Crippen molar-refractivity contribution in [3.05, 3.63) is 30.1 Å². The molecule has 5 heteroatoms. The van der Waals surface area contributed by atoms with E-state index in [2.05, 4.69) is 10.3 Å². The molecule has 94 valence electrons. The summed E-state index contributed by atoms with van der Waals surface area (Å²) in [5.41, 5.74) is 0.116. The second-order valence-electron chi connectivity index (χ2n) is 4.06. The van der Waals surface area contributed by atoms with Gasteiger partial charge in [0.2, 0.25) is 0 Å². The topological polar surface area (TPSA) is 37.4 Å². The smallest absolute Gasteiger partial charge is 0.171 e. The molecule has 0 aliphatic carbocycles. The number of thiocarbonyl (C=S) groups is 1. The Morgan fingerprint density at radius 2 is 2.24 bits per heavy atom. The third kappa shape index (κ3) is 3.00. The van der Waals surface area contributed by atoms with Crippen molar-refractivity contribution in [3.63, 3.8) is 0 Å². The Labute approximate surface area is 108 Å². The first-order valence-corrected chi connectivity index (χ1v) is 5.81. The number of hydrogen-bond acceptors (Lipinski definition) is 4. The van der Waals surface area contributed by atoms with Crippen LogP contribution in [0.1, 0.15) is 5.69 Å². The zero-order valence-corrected chi connectivity index (χ0v) is 11.5.